The minimum Gasteiger partial charge on any atom is -0.382 e. The van der Waals surface area contributed by atoms with Gasteiger partial charge < -0.3 is 5.73 Å². The summed E-state index contributed by atoms with van der Waals surface area (Å²) in [4.78, 5) is 0. The molecular formula is C11H10ClN3. The standard InChI is InChI=1S/C11H10ClN3/c12-6-2-1-3-8-4-5-9-10(7-8)14-15-11(9)13/h4-5,7H,2,6H2,(H3,13,14,15). The first-order valence-electron chi connectivity index (χ1n) is 4.59. The van der Waals surface area contributed by atoms with Gasteiger partial charge in [0.05, 0.1) is 5.52 Å². The maximum absolute atomic E-state index is 5.65. The Morgan fingerprint density at radius 2 is 2.33 bits per heavy atom. The number of nitrogens with two attached hydrogens (primary N) is 1. The number of H-pyrrole nitrogens is 1. The third-order valence-corrected chi connectivity index (χ3v) is 2.23. The van der Waals surface area contributed by atoms with E-state index in [-0.39, 0.29) is 0 Å². The molecule has 76 valence electrons. The van der Waals surface area contributed by atoms with Gasteiger partial charge in [0.1, 0.15) is 0 Å². The van der Waals surface area contributed by atoms with E-state index in [1.54, 1.807) is 0 Å². The number of nitrogens with zero attached hydrogens (tertiary/aromatic N) is 1. The van der Waals surface area contributed by atoms with Gasteiger partial charge in [-0.1, -0.05) is 11.8 Å². The molecule has 0 amide bonds. The van der Waals surface area contributed by atoms with Crippen molar-refractivity contribution in [3.05, 3.63) is 23.8 Å². The summed E-state index contributed by atoms with van der Waals surface area (Å²) in [7, 11) is 0. The summed E-state index contributed by atoms with van der Waals surface area (Å²) >= 11 is 5.53. The van der Waals surface area contributed by atoms with Crippen molar-refractivity contribution in [2.45, 2.75) is 6.42 Å². The van der Waals surface area contributed by atoms with E-state index in [4.69, 9.17) is 17.3 Å². The predicted octanol–water partition coefficient (Wildman–Crippen LogP) is 2.13. The first-order chi connectivity index (χ1) is 7.31. The molecule has 0 aliphatic rings. The molecule has 2 rings (SSSR count). The number of fused-ring (bicyclic) bond motifs is 1. The van der Waals surface area contributed by atoms with Crippen LogP contribution in [0, 0.1) is 11.8 Å². The number of aromatic amines is 1. The molecule has 0 saturated heterocycles. The van der Waals surface area contributed by atoms with Crippen LogP contribution < -0.4 is 5.73 Å². The van der Waals surface area contributed by atoms with E-state index in [1.165, 1.54) is 0 Å². The molecule has 0 unspecified atom stereocenters. The Kier molecular flexibility index (Phi) is 2.79. The second-order valence-electron chi connectivity index (χ2n) is 3.11. The van der Waals surface area contributed by atoms with Crippen molar-refractivity contribution in [2.24, 2.45) is 0 Å². The number of rotatable bonds is 1. The fraction of sp³-hybridized carbons (Fsp3) is 0.182. The van der Waals surface area contributed by atoms with Gasteiger partial charge in [-0.2, -0.15) is 5.10 Å². The number of anilines is 1. The van der Waals surface area contributed by atoms with Gasteiger partial charge >= 0.3 is 0 Å². The van der Waals surface area contributed by atoms with Crippen molar-refractivity contribution >= 4 is 28.3 Å². The van der Waals surface area contributed by atoms with Crippen LogP contribution in [0.3, 0.4) is 0 Å². The third kappa shape index (κ3) is 2.05. The van der Waals surface area contributed by atoms with Crippen molar-refractivity contribution < 1.29 is 0 Å². The van der Waals surface area contributed by atoms with Crippen LogP contribution in [0.1, 0.15) is 12.0 Å². The van der Waals surface area contributed by atoms with Crippen LogP contribution in [0.25, 0.3) is 10.9 Å². The lowest BCUT2D eigenvalue weighted by molar-refractivity contribution is 1.13. The molecule has 1 heterocycles. The summed E-state index contributed by atoms with van der Waals surface area (Å²) in [6.45, 7) is 0. The molecule has 0 atom stereocenters. The lowest BCUT2D eigenvalue weighted by atomic mass is 10.1. The zero-order chi connectivity index (χ0) is 10.7. The van der Waals surface area contributed by atoms with E-state index < -0.39 is 0 Å². The molecule has 0 fully saturated rings. The second-order valence-corrected chi connectivity index (χ2v) is 3.49. The number of hydrogen-bond donors (Lipinski definition) is 2. The smallest absolute Gasteiger partial charge is 0.153 e. The summed E-state index contributed by atoms with van der Waals surface area (Å²) in [6.07, 6.45) is 0.699. The molecule has 3 nitrogen and oxygen atoms in total. The van der Waals surface area contributed by atoms with Crippen LogP contribution in [0.4, 0.5) is 5.82 Å². The largest absolute Gasteiger partial charge is 0.382 e. The monoisotopic (exact) mass is 219 g/mol. The van der Waals surface area contributed by atoms with E-state index in [0.29, 0.717) is 18.1 Å². The van der Waals surface area contributed by atoms with Crippen LogP contribution in [-0.4, -0.2) is 16.1 Å². The van der Waals surface area contributed by atoms with Crippen LogP contribution in [-0.2, 0) is 0 Å². The minimum atomic E-state index is 0.519. The molecule has 2 aromatic rings. The van der Waals surface area contributed by atoms with E-state index in [0.717, 1.165) is 16.5 Å². The van der Waals surface area contributed by atoms with Crippen LogP contribution in [0.15, 0.2) is 18.2 Å². The average Bonchev–Trinajstić information content (AvgIpc) is 2.61. The SMILES string of the molecule is Nc1n[nH]c2cc(C#CCCCl)ccc12. The Balaban J connectivity index is 2.36. The number of alkyl halides is 1. The van der Waals surface area contributed by atoms with Gasteiger partial charge in [-0.15, -0.1) is 11.6 Å². The molecular weight excluding hydrogens is 210 g/mol. The molecule has 0 aliphatic carbocycles. The van der Waals surface area contributed by atoms with Crippen LogP contribution in [0.5, 0.6) is 0 Å². The van der Waals surface area contributed by atoms with Gasteiger partial charge in [-0.05, 0) is 18.2 Å². The van der Waals surface area contributed by atoms with Gasteiger partial charge in [-0.25, -0.2) is 0 Å². The van der Waals surface area contributed by atoms with E-state index in [2.05, 4.69) is 22.0 Å². The van der Waals surface area contributed by atoms with Crippen molar-refractivity contribution in [1.29, 1.82) is 0 Å². The van der Waals surface area contributed by atoms with Gasteiger partial charge in [0, 0.05) is 23.3 Å². The first kappa shape index (κ1) is 9.88. The zero-order valence-electron chi connectivity index (χ0n) is 8.05. The first-order valence-corrected chi connectivity index (χ1v) is 5.13. The average molecular weight is 220 g/mol. The topological polar surface area (TPSA) is 54.7 Å². The van der Waals surface area contributed by atoms with Gasteiger partial charge in [0.15, 0.2) is 5.82 Å². The molecule has 0 bridgehead atoms. The highest BCUT2D eigenvalue weighted by molar-refractivity contribution is 6.18. The fourth-order valence-electron chi connectivity index (χ4n) is 1.33. The highest BCUT2D eigenvalue weighted by Crippen LogP contribution is 2.18. The van der Waals surface area contributed by atoms with Gasteiger partial charge in [0.25, 0.3) is 0 Å². The quantitative estimate of drug-likeness (QED) is 0.570. The molecule has 0 aliphatic heterocycles. The fourth-order valence-corrected chi connectivity index (χ4v) is 1.42. The molecule has 1 aromatic carbocycles. The zero-order valence-corrected chi connectivity index (χ0v) is 8.80. The molecule has 15 heavy (non-hydrogen) atoms. The van der Waals surface area contributed by atoms with Crippen molar-refractivity contribution in [3.63, 3.8) is 0 Å². The van der Waals surface area contributed by atoms with Crippen molar-refractivity contribution in [1.82, 2.24) is 10.2 Å². The van der Waals surface area contributed by atoms with Crippen LogP contribution in [0.2, 0.25) is 0 Å². The van der Waals surface area contributed by atoms with E-state index >= 15 is 0 Å². The number of halogens is 1. The Bertz CT molecular complexity index is 533. The Labute approximate surface area is 92.6 Å². The molecule has 4 heteroatoms. The number of nitrogens with one attached hydrogen (secondary N) is 1. The molecule has 0 saturated carbocycles. The van der Waals surface area contributed by atoms with E-state index in [1.807, 2.05) is 18.2 Å². The summed E-state index contributed by atoms with van der Waals surface area (Å²) in [6, 6.07) is 5.77. The number of hydrogen-bond acceptors (Lipinski definition) is 2. The van der Waals surface area contributed by atoms with Gasteiger partial charge in [0.2, 0.25) is 0 Å². The summed E-state index contributed by atoms with van der Waals surface area (Å²) < 4.78 is 0. The highest BCUT2D eigenvalue weighted by Gasteiger charge is 2.00. The normalized spacial score (nSPS) is 9.93. The van der Waals surface area contributed by atoms with Crippen molar-refractivity contribution in [3.8, 4) is 11.8 Å². The molecule has 0 spiro atoms. The maximum atomic E-state index is 5.65. The summed E-state index contributed by atoms with van der Waals surface area (Å²) in [5, 5.41) is 7.70. The summed E-state index contributed by atoms with van der Waals surface area (Å²) in [5.74, 6) is 7.08. The predicted molar refractivity (Wildman–Crippen MR) is 62.7 cm³/mol. The second kappa shape index (κ2) is 4.24. The van der Waals surface area contributed by atoms with Gasteiger partial charge in [-0.3, -0.25) is 5.10 Å². The Morgan fingerprint density at radius 1 is 1.47 bits per heavy atom. The van der Waals surface area contributed by atoms with Crippen molar-refractivity contribution in [2.75, 3.05) is 11.6 Å². The lowest BCUT2D eigenvalue weighted by Gasteiger charge is -1.91. The number of benzene rings is 1. The molecule has 3 N–H and O–H groups in total. The molecule has 1 aromatic heterocycles. The Morgan fingerprint density at radius 3 is 3.13 bits per heavy atom. The summed E-state index contributed by atoms with van der Waals surface area (Å²) in [5.41, 5.74) is 7.50. The molecule has 0 radical (unpaired) electrons. The lowest BCUT2D eigenvalue weighted by Crippen LogP contribution is -1.83. The number of aromatic nitrogens is 2. The van der Waals surface area contributed by atoms with E-state index in [9.17, 15) is 0 Å². The highest BCUT2D eigenvalue weighted by atomic mass is 35.5. The maximum Gasteiger partial charge on any atom is 0.153 e. The van der Waals surface area contributed by atoms with Crippen LogP contribution >= 0.6 is 11.6 Å². The third-order valence-electron chi connectivity index (χ3n) is 2.04. The number of nitrogen functional groups attached to an aromatic ring is 1. The minimum absolute atomic E-state index is 0.519. The Hall–Kier alpha value is -1.66.